The third-order valence-corrected chi connectivity index (χ3v) is 9.14. The smallest absolute Gasteiger partial charge is 0.352 e. The highest BCUT2D eigenvalue weighted by molar-refractivity contribution is 8.00. The highest BCUT2D eigenvalue weighted by atomic mass is 32.2. The highest BCUT2D eigenvalue weighted by Gasteiger charge is 2.54. The molecule has 0 aromatic carbocycles. The van der Waals surface area contributed by atoms with E-state index in [0.717, 1.165) is 16.2 Å². The lowest BCUT2D eigenvalue weighted by Gasteiger charge is -2.49. The number of carboxylic acid groups (broad SMARTS) is 2. The van der Waals surface area contributed by atoms with Crippen molar-refractivity contribution in [2.45, 2.75) is 44.2 Å². The summed E-state index contributed by atoms with van der Waals surface area (Å²) in [7, 11) is 0. The number of rotatable bonds is 14. The van der Waals surface area contributed by atoms with Crippen LogP contribution < -0.4 is 27.5 Å². The number of hydrogen-bond donors (Lipinski definition) is 6. The van der Waals surface area contributed by atoms with E-state index in [0.29, 0.717) is 11.1 Å². The molecule has 0 spiro atoms. The van der Waals surface area contributed by atoms with Crippen LogP contribution in [-0.4, -0.2) is 83.5 Å². The molecule has 2 aromatic heterocycles. The molecule has 1 unspecified atom stereocenters. The maximum absolute atomic E-state index is 13.4. The van der Waals surface area contributed by atoms with Gasteiger partial charge >= 0.3 is 11.9 Å². The van der Waals surface area contributed by atoms with E-state index in [1.807, 2.05) is 0 Å². The van der Waals surface area contributed by atoms with Crippen LogP contribution in [0.1, 0.15) is 31.5 Å². The Bertz CT molecular complexity index is 1700. The average molecular weight is 675 g/mol. The van der Waals surface area contributed by atoms with Crippen LogP contribution in [0.3, 0.4) is 0 Å². The van der Waals surface area contributed by atoms with Crippen molar-refractivity contribution in [2.75, 3.05) is 29.5 Å². The molecule has 1 amide bonds. The Kier molecular flexibility index (Phi) is 10.1. The molecule has 46 heavy (non-hydrogen) atoms. The summed E-state index contributed by atoms with van der Waals surface area (Å²) in [6.07, 6.45) is 4.14. The molecule has 2 atom stereocenters. The van der Waals surface area contributed by atoms with Crippen molar-refractivity contribution in [3.8, 4) is 0 Å². The van der Waals surface area contributed by atoms with Gasteiger partial charge in [-0.15, -0.1) is 23.1 Å². The zero-order chi connectivity index (χ0) is 33.9. The van der Waals surface area contributed by atoms with Crippen molar-refractivity contribution >= 4 is 75.0 Å². The Morgan fingerprint density at radius 1 is 1.24 bits per heavy atom. The summed E-state index contributed by atoms with van der Waals surface area (Å²) in [6, 6.07) is 0. The van der Waals surface area contributed by atoms with Gasteiger partial charge in [-0.2, -0.15) is 0 Å². The SMILES string of the molecule is CC(C)(O/N=C(\C(=O)C[C@@H]1C(=O)N2C(C(=O)O)=C(/C=C/C[n+]3cnc(N)c(CC(=O)CN)c3N)CSC12)c1csc(N)n1)C(=O)O. The van der Waals surface area contributed by atoms with Crippen molar-refractivity contribution in [3.63, 3.8) is 0 Å². The van der Waals surface area contributed by atoms with Crippen LogP contribution in [0.25, 0.3) is 0 Å². The van der Waals surface area contributed by atoms with Crippen LogP contribution in [0.4, 0.5) is 16.8 Å². The summed E-state index contributed by atoms with van der Waals surface area (Å²) in [5, 5.41) is 24.1. The largest absolute Gasteiger partial charge is 0.478 e. The minimum Gasteiger partial charge on any atom is -0.478 e. The first-order chi connectivity index (χ1) is 21.7. The molecule has 1 fully saturated rings. The van der Waals surface area contributed by atoms with Crippen LogP contribution in [0.2, 0.25) is 0 Å². The highest BCUT2D eigenvalue weighted by Crippen LogP contribution is 2.45. The minimum absolute atomic E-state index is 0.0556. The zero-order valence-electron chi connectivity index (χ0n) is 24.7. The number of carbonyl (C=O) groups is 5. The minimum atomic E-state index is -1.76. The number of β-lactam (4-membered cyclic amide) rings is 1. The predicted molar refractivity (Wildman–Crippen MR) is 167 cm³/mol. The molecule has 4 rings (SSSR count). The molecule has 4 heterocycles. The predicted octanol–water partition coefficient (Wildman–Crippen LogP) is -0.688. The van der Waals surface area contributed by atoms with Crippen LogP contribution in [0, 0.1) is 5.92 Å². The van der Waals surface area contributed by atoms with Gasteiger partial charge in [-0.1, -0.05) is 22.3 Å². The lowest BCUT2D eigenvalue weighted by Crippen LogP contribution is -2.62. The van der Waals surface area contributed by atoms with E-state index < -0.39 is 40.5 Å². The van der Waals surface area contributed by atoms with E-state index in [4.69, 9.17) is 27.8 Å². The fourth-order valence-electron chi connectivity index (χ4n) is 4.52. The molecule has 0 bridgehead atoms. The molecule has 2 aliphatic rings. The average Bonchev–Trinajstić information content (AvgIpc) is 3.43. The quantitative estimate of drug-likeness (QED) is 0.0626. The number of ketones is 2. The number of anilines is 3. The number of Topliss-reactive ketones (excluding diaryl/α,β-unsaturated/α-hetero) is 2. The number of hydrogen-bond acceptors (Lipinski definition) is 15. The lowest BCUT2D eigenvalue weighted by atomic mass is 9.89. The molecule has 244 valence electrons. The Balaban J connectivity index is 1.52. The fourth-order valence-corrected chi connectivity index (χ4v) is 6.45. The number of carbonyl (C=O) groups excluding carboxylic acids is 3. The first-order valence-corrected chi connectivity index (χ1v) is 15.5. The van der Waals surface area contributed by atoms with Gasteiger partial charge in [0.2, 0.25) is 29.5 Å². The second kappa shape index (κ2) is 13.6. The number of thioether (sulfide) groups is 1. The first-order valence-electron chi connectivity index (χ1n) is 13.6. The Morgan fingerprint density at radius 3 is 2.57 bits per heavy atom. The molecule has 2 aliphatic heterocycles. The fraction of sp³-hybridized carbons (Fsp3) is 0.370. The molecule has 17 nitrogen and oxygen atoms in total. The van der Waals surface area contributed by atoms with Gasteiger partial charge in [0.25, 0.3) is 0 Å². The Hall–Kier alpha value is -4.88. The van der Waals surface area contributed by atoms with Gasteiger partial charge in [0.15, 0.2) is 22.4 Å². The number of nitrogens with zero attached hydrogens (tertiary/aromatic N) is 5. The van der Waals surface area contributed by atoms with Crippen LogP contribution >= 0.6 is 23.1 Å². The monoisotopic (exact) mass is 674 g/mol. The number of amides is 1. The lowest BCUT2D eigenvalue weighted by molar-refractivity contribution is -0.675. The number of allylic oxidation sites excluding steroid dienone is 2. The number of aromatic nitrogens is 3. The van der Waals surface area contributed by atoms with Gasteiger partial charge in [-0.05, 0) is 19.4 Å². The van der Waals surface area contributed by atoms with Gasteiger partial charge in [-0.3, -0.25) is 19.3 Å². The second-order valence-electron chi connectivity index (χ2n) is 10.7. The molecule has 10 N–H and O–H groups in total. The molecule has 19 heteroatoms. The maximum atomic E-state index is 13.4. The first kappa shape index (κ1) is 34.0. The number of thiazole rings is 1. The van der Waals surface area contributed by atoms with Crippen molar-refractivity contribution in [2.24, 2.45) is 16.8 Å². The summed E-state index contributed by atoms with van der Waals surface area (Å²) < 4.78 is 1.53. The van der Waals surface area contributed by atoms with Crippen LogP contribution in [0.5, 0.6) is 0 Å². The number of nitrogens with two attached hydrogens (primary N) is 4. The van der Waals surface area contributed by atoms with Crippen molar-refractivity contribution < 1.29 is 43.6 Å². The van der Waals surface area contributed by atoms with Gasteiger partial charge < -0.3 is 38.0 Å². The molecule has 0 aliphatic carbocycles. The third kappa shape index (κ3) is 7.00. The van der Waals surface area contributed by atoms with Crippen LogP contribution in [0.15, 0.2) is 40.3 Å². The molecule has 0 saturated carbocycles. The standard InChI is InChI=1S/C27H31N9O8S2/c1-27(2,25(42)43)44-34-18(16-10-46-26(31)33-16)17(38)7-15-22(39)36-19(24(40)41)12(9-45-23(15)36)4-3-5-35-11-32-20(29)14(21(35)30)6-13(37)8-28/h3-4,10-11,15,23H,5-9,28H2,1-2H3,(H7,29,30,31,33,40,41,42,43)/p+1/b4-3+,34-18-/t15-,23?/m1/s1. The van der Waals surface area contributed by atoms with E-state index in [9.17, 15) is 34.2 Å². The van der Waals surface area contributed by atoms with E-state index in [2.05, 4.69) is 15.1 Å². The molecule has 0 radical (unpaired) electrons. The van der Waals surface area contributed by atoms with Gasteiger partial charge in [0.05, 0.1) is 29.9 Å². The number of oxime groups is 1. The van der Waals surface area contributed by atoms with E-state index in [-0.39, 0.29) is 71.3 Å². The molecular weight excluding hydrogens is 642 g/mol. The second-order valence-corrected chi connectivity index (χ2v) is 12.7. The Morgan fingerprint density at radius 2 is 1.96 bits per heavy atom. The normalized spacial score (nSPS) is 18.4. The van der Waals surface area contributed by atoms with Gasteiger partial charge in [0.1, 0.15) is 11.4 Å². The van der Waals surface area contributed by atoms with Crippen molar-refractivity contribution in [1.82, 2.24) is 14.9 Å². The number of nitrogen functional groups attached to an aromatic ring is 3. The molecular formula is C27H32N9O8S2+. The van der Waals surface area contributed by atoms with E-state index in [1.54, 1.807) is 12.2 Å². The summed E-state index contributed by atoms with van der Waals surface area (Å²) >= 11 is 2.31. The Labute approximate surface area is 270 Å². The van der Waals surface area contributed by atoms with Crippen molar-refractivity contribution in [3.05, 3.63) is 46.4 Å². The summed E-state index contributed by atoms with van der Waals surface area (Å²) in [6.45, 7) is 2.47. The molecule has 1 saturated heterocycles. The van der Waals surface area contributed by atoms with Gasteiger partial charge in [0, 0.05) is 24.0 Å². The summed E-state index contributed by atoms with van der Waals surface area (Å²) in [5.74, 6) is -4.51. The number of carboxylic acids is 2. The van der Waals surface area contributed by atoms with Gasteiger partial charge in [-0.25, -0.2) is 19.1 Å². The number of aliphatic carboxylic acids is 2. The zero-order valence-corrected chi connectivity index (χ0v) is 26.3. The molecule has 2 aromatic rings. The van der Waals surface area contributed by atoms with Crippen LogP contribution in [-0.2, 0) is 41.8 Å². The number of fused-ring (bicyclic) bond motifs is 1. The van der Waals surface area contributed by atoms with E-state index >= 15 is 0 Å². The maximum Gasteiger partial charge on any atom is 0.352 e. The van der Waals surface area contributed by atoms with Crippen molar-refractivity contribution in [1.29, 1.82) is 0 Å². The summed E-state index contributed by atoms with van der Waals surface area (Å²) in [4.78, 5) is 76.6. The third-order valence-electron chi connectivity index (χ3n) is 7.11. The summed E-state index contributed by atoms with van der Waals surface area (Å²) in [5.41, 5.74) is 21.6. The topological polar surface area (TPSA) is 284 Å². The van der Waals surface area contributed by atoms with E-state index in [1.165, 1.54) is 41.9 Å².